The zero-order valence-corrected chi connectivity index (χ0v) is 12.7. The van der Waals surface area contributed by atoms with Gasteiger partial charge in [-0.2, -0.15) is 0 Å². The summed E-state index contributed by atoms with van der Waals surface area (Å²) < 4.78 is 0. The lowest BCUT2D eigenvalue weighted by atomic mass is 10.0. The molecule has 1 unspecified atom stereocenters. The van der Waals surface area contributed by atoms with E-state index >= 15 is 0 Å². The number of benzene rings is 2. The van der Waals surface area contributed by atoms with Crippen molar-refractivity contribution in [3.8, 4) is 0 Å². The van der Waals surface area contributed by atoms with Crippen molar-refractivity contribution in [3.63, 3.8) is 0 Å². The van der Waals surface area contributed by atoms with Crippen molar-refractivity contribution in [1.82, 2.24) is 0 Å². The van der Waals surface area contributed by atoms with Crippen molar-refractivity contribution >= 4 is 35.0 Å². The first-order valence-electron chi connectivity index (χ1n) is 6.03. The van der Waals surface area contributed by atoms with Crippen LogP contribution in [0.3, 0.4) is 0 Å². The maximum atomic E-state index is 6.16. The zero-order valence-electron chi connectivity index (χ0n) is 10.4. The third-order valence-electron chi connectivity index (χ3n) is 2.89. The highest BCUT2D eigenvalue weighted by molar-refractivity contribution is 7.99. The van der Waals surface area contributed by atoms with Gasteiger partial charge in [-0.25, -0.2) is 0 Å². The molecule has 0 aliphatic rings. The van der Waals surface area contributed by atoms with Crippen molar-refractivity contribution in [2.75, 3.05) is 12.3 Å². The van der Waals surface area contributed by atoms with Gasteiger partial charge in [-0.15, -0.1) is 11.8 Å². The van der Waals surface area contributed by atoms with Crippen LogP contribution in [-0.4, -0.2) is 12.3 Å². The van der Waals surface area contributed by atoms with Crippen LogP contribution in [0.4, 0.5) is 0 Å². The molecule has 4 heteroatoms. The van der Waals surface area contributed by atoms with Crippen LogP contribution >= 0.6 is 35.0 Å². The summed E-state index contributed by atoms with van der Waals surface area (Å²) in [5.41, 5.74) is 7.12. The van der Waals surface area contributed by atoms with Crippen molar-refractivity contribution in [2.24, 2.45) is 5.73 Å². The van der Waals surface area contributed by atoms with Crippen LogP contribution in [-0.2, 0) is 0 Å². The quantitative estimate of drug-likeness (QED) is 0.800. The smallest absolute Gasteiger partial charge is 0.0542 e. The number of rotatable bonds is 5. The molecule has 2 rings (SSSR count). The van der Waals surface area contributed by atoms with Gasteiger partial charge in [0.25, 0.3) is 0 Å². The van der Waals surface area contributed by atoms with Gasteiger partial charge in [-0.1, -0.05) is 53.5 Å². The van der Waals surface area contributed by atoms with Gasteiger partial charge >= 0.3 is 0 Å². The van der Waals surface area contributed by atoms with E-state index < -0.39 is 0 Å². The Balaban J connectivity index is 2.06. The summed E-state index contributed by atoms with van der Waals surface area (Å²) in [7, 11) is 0. The minimum Gasteiger partial charge on any atom is -0.330 e. The number of hydrogen-bond donors (Lipinski definition) is 1. The molecule has 2 aromatic carbocycles. The van der Waals surface area contributed by atoms with E-state index in [0.29, 0.717) is 17.5 Å². The summed E-state index contributed by atoms with van der Waals surface area (Å²) in [6.07, 6.45) is 0. The molecule has 0 aromatic heterocycles. The minimum absolute atomic E-state index is 0.321. The average molecular weight is 312 g/mol. The summed E-state index contributed by atoms with van der Waals surface area (Å²) in [6.45, 7) is 0.620. The molecule has 19 heavy (non-hydrogen) atoms. The van der Waals surface area contributed by atoms with Gasteiger partial charge in [0, 0.05) is 21.6 Å². The fourth-order valence-corrected chi connectivity index (χ4v) is 3.45. The van der Waals surface area contributed by atoms with E-state index in [0.717, 1.165) is 15.7 Å². The number of halogens is 2. The minimum atomic E-state index is 0.321. The first-order chi connectivity index (χ1) is 9.20. The highest BCUT2D eigenvalue weighted by Crippen LogP contribution is 2.32. The van der Waals surface area contributed by atoms with E-state index in [1.54, 1.807) is 17.8 Å². The average Bonchev–Trinajstić information content (AvgIpc) is 2.44. The van der Waals surface area contributed by atoms with Crippen LogP contribution in [0, 0.1) is 0 Å². The topological polar surface area (TPSA) is 26.0 Å². The lowest BCUT2D eigenvalue weighted by molar-refractivity contribution is 0.785. The first-order valence-corrected chi connectivity index (χ1v) is 7.77. The Hall–Kier alpha value is -0.670. The Morgan fingerprint density at radius 1 is 1.05 bits per heavy atom. The Bertz CT molecular complexity index is 531. The molecule has 100 valence electrons. The molecule has 0 spiro atoms. The van der Waals surface area contributed by atoms with Crippen molar-refractivity contribution in [3.05, 3.63) is 64.1 Å². The Morgan fingerprint density at radius 3 is 2.47 bits per heavy atom. The fraction of sp³-hybridized carbons (Fsp3) is 0.200. The molecule has 0 heterocycles. The van der Waals surface area contributed by atoms with Crippen LogP contribution in [0.1, 0.15) is 11.5 Å². The molecule has 0 radical (unpaired) electrons. The van der Waals surface area contributed by atoms with Gasteiger partial charge in [0.1, 0.15) is 0 Å². The van der Waals surface area contributed by atoms with Crippen LogP contribution in [0.25, 0.3) is 0 Å². The largest absolute Gasteiger partial charge is 0.330 e. The number of thioether (sulfide) groups is 1. The predicted octanol–water partition coefficient (Wildman–Crippen LogP) is 4.83. The molecule has 1 atom stereocenters. The highest BCUT2D eigenvalue weighted by Gasteiger charge is 2.11. The number of nitrogens with two attached hydrogens (primary N) is 1. The Kier molecular flexibility index (Phi) is 5.59. The predicted molar refractivity (Wildman–Crippen MR) is 85.4 cm³/mol. The molecule has 1 nitrogen and oxygen atoms in total. The molecule has 0 bridgehead atoms. The van der Waals surface area contributed by atoms with Crippen LogP contribution in [0.2, 0.25) is 10.0 Å². The molecular weight excluding hydrogens is 297 g/mol. The van der Waals surface area contributed by atoms with Gasteiger partial charge in [0.05, 0.1) is 5.02 Å². The molecular formula is C15H15Cl2NS. The van der Waals surface area contributed by atoms with E-state index in [2.05, 4.69) is 12.1 Å². The SMILES string of the molecule is NCC(CSc1cc(Cl)ccc1Cl)c1ccccc1. The van der Waals surface area contributed by atoms with Crippen molar-refractivity contribution in [1.29, 1.82) is 0 Å². The summed E-state index contributed by atoms with van der Waals surface area (Å²) in [5, 5.41) is 1.44. The van der Waals surface area contributed by atoms with E-state index in [-0.39, 0.29) is 0 Å². The third kappa shape index (κ3) is 4.15. The van der Waals surface area contributed by atoms with E-state index in [1.807, 2.05) is 30.3 Å². The lowest BCUT2D eigenvalue weighted by Crippen LogP contribution is -2.14. The summed E-state index contributed by atoms with van der Waals surface area (Å²) in [5.74, 6) is 1.21. The molecule has 0 amide bonds. The van der Waals surface area contributed by atoms with Crippen LogP contribution < -0.4 is 5.73 Å². The molecule has 2 aromatic rings. The second-order valence-electron chi connectivity index (χ2n) is 4.23. The van der Waals surface area contributed by atoms with Gasteiger partial charge in [-0.3, -0.25) is 0 Å². The normalized spacial score (nSPS) is 12.4. The second-order valence-corrected chi connectivity index (χ2v) is 6.13. The van der Waals surface area contributed by atoms with E-state index in [4.69, 9.17) is 28.9 Å². The Morgan fingerprint density at radius 2 is 1.79 bits per heavy atom. The van der Waals surface area contributed by atoms with Crippen molar-refractivity contribution < 1.29 is 0 Å². The summed E-state index contributed by atoms with van der Waals surface area (Å²) in [4.78, 5) is 1.00. The standard InChI is InChI=1S/C15H15Cl2NS/c16-13-6-7-14(17)15(8-13)19-10-12(9-18)11-4-2-1-3-5-11/h1-8,12H,9-10,18H2. The Labute approximate surface area is 128 Å². The second kappa shape index (κ2) is 7.20. The molecule has 0 aliphatic heterocycles. The monoisotopic (exact) mass is 311 g/mol. The summed E-state index contributed by atoms with van der Waals surface area (Å²) in [6, 6.07) is 15.8. The van der Waals surface area contributed by atoms with Gasteiger partial charge in [0.15, 0.2) is 0 Å². The molecule has 0 saturated heterocycles. The van der Waals surface area contributed by atoms with E-state index in [1.165, 1.54) is 5.56 Å². The molecule has 0 aliphatic carbocycles. The van der Waals surface area contributed by atoms with Crippen LogP contribution in [0.15, 0.2) is 53.4 Å². The highest BCUT2D eigenvalue weighted by atomic mass is 35.5. The molecule has 0 saturated carbocycles. The van der Waals surface area contributed by atoms with Crippen LogP contribution in [0.5, 0.6) is 0 Å². The van der Waals surface area contributed by atoms with Crippen molar-refractivity contribution in [2.45, 2.75) is 10.8 Å². The van der Waals surface area contributed by atoms with E-state index in [9.17, 15) is 0 Å². The lowest BCUT2D eigenvalue weighted by Gasteiger charge is -2.15. The fourth-order valence-electron chi connectivity index (χ4n) is 1.80. The first kappa shape index (κ1) is 14.7. The molecule has 0 fully saturated rings. The van der Waals surface area contributed by atoms with Gasteiger partial charge in [0.2, 0.25) is 0 Å². The van der Waals surface area contributed by atoms with Gasteiger partial charge in [-0.05, 0) is 30.3 Å². The maximum Gasteiger partial charge on any atom is 0.0542 e. The number of hydrogen-bond acceptors (Lipinski definition) is 2. The molecule has 2 N–H and O–H groups in total. The zero-order chi connectivity index (χ0) is 13.7. The maximum absolute atomic E-state index is 6.16. The third-order valence-corrected chi connectivity index (χ3v) is 4.78. The summed E-state index contributed by atoms with van der Waals surface area (Å²) >= 11 is 13.8. The van der Waals surface area contributed by atoms with Gasteiger partial charge < -0.3 is 5.73 Å².